The molecule has 0 saturated carbocycles. The van der Waals surface area contributed by atoms with Crippen LogP contribution in [-0.2, 0) is 5.41 Å². The fraction of sp³-hybridized carbons (Fsp3) is 0.444. The van der Waals surface area contributed by atoms with Gasteiger partial charge >= 0.3 is 0 Å². The molecule has 1 aromatic rings. The molecule has 4 nitrogen and oxygen atoms in total. The lowest BCUT2D eigenvalue weighted by Gasteiger charge is -2.16. The van der Waals surface area contributed by atoms with E-state index >= 15 is 0 Å². The molecule has 13 heavy (non-hydrogen) atoms. The van der Waals surface area contributed by atoms with Gasteiger partial charge in [-0.05, 0) is 0 Å². The predicted molar refractivity (Wildman–Crippen MR) is 47.8 cm³/mol. The Labute approximate surface area is 76.7 Å². The van der Waals surface area contributed by atoms with Crippen LogP contribution in [0.25, 0.3) is 0 Å². The zero-order valence-corrected chi connectivity index (χ0v) is 7.90. The van der Waals surface area contributed by atoms with Gasteiger partial charge in [0, 0.05) is 5.41 Å². The van der Waals surface area contributed by atoms with Crippen molar-refractivity contribution in [1.29, 1.82) is 0 Å². The minimum absolute atomic E-state index is 0.0416. The molecule has 0 radical (unpaired) electrons. The summed E-state index contributed by atoms with van der Waals surface area (Å²) in [6, 6.07) is 0. The molecule has 0 aromatic carbocycles. The SMILES string of the molecule is CC(C)(C)c1ncc(O)c(C=O)n1. The summed E-state index contributed by atoms with van der Waals surface area (Å²) in [5, 5.41) is 9.14. The summed E-state index contributed by atoms with van der Waals surface area (Å²) in [5.41, 5.74) is -0.175. The molecular formula is C9H12N2O2. The summed E-state index contributed by atoms with van der Waals surface area (Å²) >= 11 is 0. The van der Waals surface area contributed by atoms with Crippen molar-refractivity contribution in [2.45, 2.75) is 26.2 Å². The third-order valence-electron chi connectivity index (χ3n) is 1.58. The van der Waals surface area contributed by atoms with Crippen LogP contribution >= 0.6 is 0 Å². The quantitative estimate of drug-likeness (QED) is 0.661. The van der Waals surface area contributed by atoms with E-state index in [-0.39, 0.29) is 16.9 Å². The second-order valence-electron chi connectivity index (χ2n) is 3.83. The topological polar surface area (TPSA) is 63.1 Å². The molecule has 4 heteroatoms. The number of aldehydes is 1. The van der Waals surface area contributed by atoms with Crippen molar-refractivity contribution in [2.75, 3.05) is 0 Å². The highest BCUT2D eigenvalue weighted by Crippen LogP contribution is 2.20. The van der Waals surface area contributed by atoms with Crippen molar-refractivity contribution in [3.05, 3.63) is 17.7 Å². The van der Waals surface area contributed by atoms with Crippen LogP contribution in [0.1, 0.15) is 37.1 Å². The average Bonchev–Trinajstić information content (AvgIpc) is 2.03. The first-order chi connectivity index (χ1) is 5.95. The maximum absolute atomic E-state index is 10.5. The zero-order valence-electron chi connectivity index (χ0n) is 7.90. The van der Waals surface area contributed by atoms with Crippen LogP contribution in [0.15, 0.2) is 6.20 Å². The molecule has 1 aromatic heterocycles. The third-order valence-corrected chi connectivity index (χ3v) is 1.58. The Hall–Kier alpha value is -1.45. The largest absolute Gasteiger partial charge is 0.504 e. The van der Waals surface area contributed by atoms with Crippen LogP contribution in [0.2, 0.25) is 0 Å². The highest BCUT2D eigenvalue weighted by atomic mass is 16.3. The van der Waals surface area contributed by atoms with Crippen molar-refractivity contribution >= 4 is 6.29 Å². The first-order valence-electron chi connectivity index (χ1n) is 3.97. The summed E-state index contributed by atoms with van der Waals surface area (Å²) in [7, 11) is 0. The van der Waals surface area contributed by atoms with Gasteiger partial charge in [0.25, 0.3) is 0 Å². The van der Waals surface area contributed by atoms with Gasteiger partial charge in [0.05, 0.1) is 6.20 Å². The second-order valence-corrected chi connectivity index (χ2v) is 3.83. The number of carbonyl (C=O) groups is 1. The molecule has 0 spiro atoms. The average molecular weight is 180 g/mol. The summed E-state index contributed by atoms with van der Waals surface area (Å²) in [5.74, 6) is 0.371. The fourth-order valence-corrected chi connectivity index (χ4v) is 0.837. The van der Waals surface area contributed by atoms with Crippen LogP contribution in [-0.4, -0.2) is 21.4 Å². The fourth-order valence-electron chi connectivity index (χ4n) is 0.837. The lowest BCUT2D eigenvalue weighted by molar-refractivity contribution is 0.111. The number of nitrogens with zero attached hydrogens (tertiary/aromatic N) is 2. The Balaban J connectivity index is 3.21. The van der Waals surface area contributed by atoms with E-state index in [1.54, 1.807) is 0 Å². The number of aromatic hydroxyl groups is 1. The van der Waals surface area contributed by atoms with E-state index in [0.717, 1.165) is 0 Å². The lowest BCUT2D eigenvalue weighted by Crippen LogP contribution is -2.16. The molecule has 70 valence electrons. The molecule has 0 bridgehead atoms. The maximum Gasteiger partial charge on any atom is 0.172 e. The van der Waals surface area contributed by atoms with E-state index in [4.69, 9.17) is 5.11 Å². The number of hydrogen-bond donors (Lipinski definition) is 1. The molecule has 1 heterocycles. The van der Waals surface area contributed by atoms with Crippen molar-refractivity contribution in [2.24, 2.45) is 0 Å². The number of rotatable bonds is 1. The first kappa shape index (κ1) is 9.64. The Bertz CT molecular complexity index is 329. The summed E-state index contributed by atoms with van der Waals surface area (Å²) in [6.07, 6.45) is 1.77. The lowest BCUT2D eigenvalue weighted by atomic mass is 9.95. The van der Waals surface area contributed by atoms with Crippen molar-refractivity contribution in [3.63, 3.8) is 0 Å². The van der Waals surface area contributed by atoms with E-state index < -0.39 is 0 Å². The van der Waals surface area contributed by atoms with Gasteiger partial charge in [-0.3, -0.25) is 4.79 Å². The molecule has 0 unspecified atom stereocenters. The number of carbonyl (C=O) groups excluding carboxylic acids is 1. The smallest absolute Gasteiger partial charge is 0.172 e. The van der Waals surface area contributed by atoms with E-state index in [2.05, 4.69) is 9.97 Å². The number of aromatic nitrogens is 2. The Morgan fingerprint density at radius 1 is 1.46 bits per heavy atom. The predicted octanol–water partition coefficient (Wildman–Crippen LogP) is 1.29. The number of hydrogen-bond acceptors (Lipinski definition) is 4. The molecular weight excluding hydrogens is 168 g/mol. The monoisotopic (exact) mass is 180 g/mol. The van der Waals surface area contributed by atoms with Gasteiger partial charge in [0.2, 0.25) is 0 Å². The first-order valence-corrected chi connectivity index (χ1v) is 3.97. The van der Waals surface area contributed by atoms with Gasteiger partial charge in [-0.15, -0.1) is 0 Å². The van der Waals surface area contributed by atoms with Gasteiger partial charge in [-0.1, -0.05) is 20.8 Å². The third kappa shape index (κ3) is 2.02. The van der Waals surface area contributed by atoms with E-state index in [1.807, 2.05) is 20.8 Å². The van der Waals surface area contributed by atoms with Gasteiger partial charge in [0.1, 0.15) is 11.5 Å². The summed E-state index contributed by atoms with van der Waals surface area (Å²) < 4.78 is 0. The van der Waals surface area contributed by atoms with Gasteiger partial charge in [-0.2, -0.15) is 0 Å². The molecule has 1 rings (SSSR count). The van der Waals surface area contributed by atoms with Gasteiger partial charge in [0.15, 0.2) is 12.0 Å². The molecule has 0 aliphatic carbocycles. The van der Waals surface area contributed by atoms with Crippen LogP contribution < -0.4 is 0 Å². The zero-order chi connectivity index (χ0) is 10.1. The minimum atomic E-state index is -0.217. The van der Waals surface area contributed by atoms with Crippen molar-refractivity contribution in [3.8, 4) is 5.75 Å². The molecule has 0 amide bonds. The molecule has 0 atom stereocenters. The van der Waals surface area contributed by atoms with Gasteiger partial charge in [-0.25, -0.2) is 9.97 Å². The van der Waals surface area contributed by atoms with Gasteiger partial charge < -0.3 is 5.11 Å². The van der Waals surface area contributed by atoms with Crippen molar-refractivity contribution < 1.29 is 9.90 Å². The Morgan fingerprint density at radius 3 is 2.54 bits per heavy atom. The highest BCUT2D eigenvalue weighted by Gasteiger charge is 2.18. The van der Waals surface area contributed by atoms with Crippen LogP contribution in [0.3, 0.4) is 0 Å². The normalized spacial score (nSPS) is 11.3. The van der Waals surface area contributed by atoms with E-state index in [1.165, 1.54) is 6.20 Å². The molecule has 0 aliphatic heterocycles. The Morgan fingerprint density at radius 2 is 2.08 bits per heavy atom. The standard InChI is InChI=1S/C9H12N2O2/c1-9(2,3)8-10-4-7(13)6(5-12)11-8/h4-5,13H,1-3H3. The van der Waals surface area contributed by atoms with E-state index in [9.17, 15) is 4.79 Å². The summed E-state index contributed by atoms with van der Waals surface area (Å²) in [4.78, 5) is 18.3. The molecule has 0 fully saturated rings. The molecule has 1 N–H and O–H groups in total. The highest BCUT2D eigenvalue weighted by molar-refractivity contribution is 5.75. The molecule has 0 saturated heterocycles. The minimum Gasteiger partial charge on any atom is -0.504 e. The van der Waals surface area contributed by atoms with Crippen LogP contribution in [0.5, 0.6) is 5.75 Å². The van der Waals surface area contributed by atoms with Crippen LogP contribution in [0.4, 0.5) is 0 Å². The Kier molecular flexibility index (Phi) is 2.32. The maximum atomic E-state index is 10.5. The van der Waals surface area contributed by atoms with Crippen LogP contribution in [0, 0.1) is 0 Å². The molecule has 0 aliphatic rings. The second kappa shape index (κ2) is 3.12. The van der Waals surface area contributed by atoms with E-state index in [0.29, 0.717) is 12.1 Å². The summed E-state index contributed by atoms with van der Waals surface area (Å²) in [6.45, 7) is 5.82. The van der Waals surface area contributed by atoms with Crippen molar-refractivity contribution in [1.82, 2.24) is 9.97 Å².